The van der Waals surface area contributed by atoms with Gasteiger partial charge in [-0.2, -0.15) is 5.10 Å². The molecule has 1 heterocycles. The van der Waals surface area contributed by atoms with Crippen LogP contribution in [0.15, 0.2) is 82.7 Å². The highest BCUT2D eigenvalue weighted by Crippen LogP contribution is 2.20. The van der Waals surface area contributed by atoms with Gasteiger partial charge in [0.15, 0.2) is 0 Å². The Kier molecular flexibility index (Phi) is 5.39. The van der Waals surface area contributed by atoms with Gasteiger partial charge in [0, 0.05) is 18.2 Å². The Morgan fingerprint density at radius 3 is 2.61 bits per heavy atom. The molecule has 0 saturated heterocycles. The fourth-order valence-corrected chi connectivity index (χ4v) is 3.04. The van der Waals surface area contributed by atoms with Gasteiger partial charge in [-0.05, 0) is 42.0 Å². The zero-order valence-corrected chi connectivity index (χ0v) is 16.4. The van der Waals surface area contributed by atoms with Gasteiger partial charge in [-0.25, -0.2) is 15.0 Å². The number of nitrogens with one attached hydrogen (secondary N) is 1. The van der Waals surface area contributed by atoms with Crippen LogP contribution in [-0.4, -0.2) is 27.8 Å². The van der Waals surface area contributed by atoms with E-state index in [1.165, 1.54) is 22.9 Å². The lowest BCUT2D eigenvalue weighted by Gasteiger charge is -2.13. The van der Waals surface area contributed by atoms with Crippen LogP contribution in [0.3, 0.4) is 0 Å². The van der Waals surface area contributed by atoms with E-state index in [0.29, 0.717) is 27.9 Å². The van der Waals surface area contributed by atoms with Crippen LogP contribution in [0.2, 0.25) is 0 Å². The van der Waals surface area contributed by atoms with Crippen molar-refractivity contribution in [3.63, 3.8) is 0 Å². The Balaban J connectivity index is 1.75. The first-order chi connectivity index (χ1) is 15.1. The van der Waals surface area contributed by atoms with E-state index in [-0.39, 0.29) is 17.2 Å². The SMILES string of the molecule is COc1cccc(-n2c(N/N=C\c3ccc([N+](=O)[O-])cc3)nc3ccccc3c2=O)c1. The Morgan fingerprint density at radius 1 is 1.10 bits per heavy atom. The number of rotatable bonds is 6. The number of non-ortho nitro benzene ring substituents is 1. The Labute approximate surface area is 176 Å². The standard InChI is InChI=1S/C22H17N5O4/c1-31-18-6-4-5-17(13-18)26-21(28)19-7-2-3-8-20(19)24-22(26)25-23-14-15-9-11-16(12-10-15)27(29)30/h2-14H,1H3,(H,24,25)/b23-14-. The van der Waals surface area contributed by atoms with E-state index < -0.39 is 4.92 Å². The topological polar surface area (TPSA) is 112 Å². The molecule has 0 fully saturated rings. The van der Waals surface area contributed by atoms with Crippen LogP contribution in [0.25, 0.3) is 16.6 Å². The van der Waals surface area contributed by atoms with E-state index in [2.05, 4.69) is 15.5 Å². The molecule has 0 radical (unpaired) electrons. The first-order valence-electron chi connectivity index (χ1n) is 9.26. The molecule has 1 N–H and O–H groups in total. The number of nitro groups is 1. The van der Waals surface area contributed by atoms with Crippen LogP contribution in [0.5, 0.6) is 5.75 Å². The normalized spacial score (nSPS) is 11.0. The number of hydrogen-bond acceptors (Lipinski definition) is 7. The molecule has 0 spiro atoms. The van der Waals surface area contributed by atoms with Crippen molar-refractivity contribution in [2.45, 2.75) is 0 Å². The average Bonchev–Trinajstić information content (AvgIpc) is 2.79. The number of benzene rings is 3. The van der Waals surface area contributed by atoms with Crippen molar-refractivity contribution >= 4 is 28.8 Å². The third-order valence-corrected chi connectivity index (χ3v) is 4.57. The molecule has 31 heavy (non-hydrogen) atoms. The maximum atomic E-state index is 13.2. The Morgan fingerprint density at radius 2 is 1.87 bits per heavy atom. The van der Waals surface area contributed by atoms with Crippen LogP contribution < -0.4 is 15.7 Å². The molecule has 9 heteroatoms. The minimum absolute atomic E-state index is 0.00633. The van der Waals surface area contributed by atoms with Crippen molar-refractivity contribution in [3.05, 3.63) is 98.8 Å². The van der Waals surface area contributed by atoms with Gasteiger partial charge < -0.3 is 4.74 Å². The lowest BCUT2D eigenvalue weighted by molar-refractivity contribution is -0.384. The number of anilines is 1. The van der Waals surface area contributed by atoms with Crippen LogP contribution in [0.1, 0.15) is 5.56 Å². The van der Waals surface area contributed by atoms with Gasteiger partial charge in [-0.15, -0.1) is 0 Å². The lowest BCUT2D eigenvalue weighted by Crippen LogP contribution is -2.22. The summed E-state index contributed by atoms with van der Waals surface area (Å²) in [6.45, 7) is 0. The summed E-state index contributed by atoms with van der Waals surface area (Å²) in [7, 11) is 1.55. The van der Waals surface area contributed by atoms with Crippen LogP contribution in [0, 0.1) is 10.1 Å². The number of hydrogen-bond donors (Lipinski definition) is 1. The summed E-state index contributed by atoms with van der Waals surface area (Å²) in [4.78, 5) is 28.1. The predicted octanol–water partition coefficient (Wildman–Crippen LogP) is 3.75. The fraction of sp³-hybridized carbons (Fsp3) is 0.0455. The third kappa shape index (κ3) is 4.10. The van der Waals surface area contributed by atoms with Crippen LogP contribution in [-0.2, 0) is 0 Å². The van der Waals surface area contributed by atoms with Gasteiger partial charge in [0.25, 0.3) is 11.2 Å². The second kappa shape index (κ2) is 8.46. The molecule has 0 saturated carbocycles. The number of ether oxygens (including phenoxy) is 1. The molecule has 0 unspecified atom stereocenters. The lowest BCUT2D eigenvalue weighted by atomic mass is 10.2. The summed E-state index contributed by atoms with van der Waals surface area (Å²) in [5.41, 5.74) is 4.29. The second-order valence-electron chi connectivity index (χ2n) is 6.51. The van der Waals surface area contributed by atoms with E-state index in [4.69, 9.17) is 4.74 Å². The number of methoxy groups -OCH3 is 1. The predicted molar refractivity (Wildman–Crippen MR) is 118 cm³/mol. The van der Waals surface area contributed by atoms with E-state index >= 15 is 0 Å². The molecule has 1 aromatic heterocycles. The molecule has 3 aromatic carbocycles. The molecule has 0 atom stereocenters. The van der Waals surface area contributed by atoms with Crippen molar-refractivity contribution in [1.82, 2.24) is 9.55 Å². The number of fused-ring (bicyclic) bond motifs is 1. The first-order valence-corrected chi connectivity index (χ1v) is 9.26. The molecular formula is C22H17N5O4. The summed E-state index contributed by atoms with van der Waals surface area (Å²) in [5, 5.41) is 15.4. The van der Waals surface area contributed by atoms with Gasteiger partial charge in [0.1, 0.15) is 5.75 Å². The Bertz CT molecular complexity index is 1350. The highest BCUT2D eigenvalue weighted by molar-refractivity contribution is 5.81. The van der Waals surface area contributed by atoms with Crippen molar-refractivity contribution in [2.24, 2.45) is 5.10 Å². The number of aromatic nitrogens is 2. The zero-order valence-electron chi connectivity index (χ0n) is 16.4. The third-order valence-electron chi connectivity index (χ3n) is 4.57. The molecular weight excluding hydrogens is 398 g/mol. The molecule has 4 rings (SSSR count). The molecule has 0 aliphatic heterocycles. The number of hydrazone groups is 1. The minimum atomic E-state index is -0.467. The monoisotopic (exact) mass is 415 g/mol. The highest BCUT2D eigenvalue weighted by Gasteiger charge is 2.13. The maximum Gasteiger partial charge on any atom is 0.269 e. The summed E-state index contributed by atoms with van der Waals surface area (Å²) in [6.07, 6.45) is 1.49. The minimum Gasteiger partial charge on any atom is -0.497 e. The number of nitro benzene ring substituents is 1. The van der Waals surface area contributed by atoms with E-state index in [1.807, 2.05) is 0 Å². The summed E-state index contributed by atoms with van der Waals surface area (Å²) in [6, 6.07) is 20.0. The van der Waals surface area contributed by atoms with Gasteiger partial charge in [-0.3, -0.25) is 14.9 Å². The second-order valence-corrected chi connectivity index (χ2v) is 6.51. The zero-order chi connectivity index (χ0) is 21.8. The van der Waals surface area contributed by atoms with E-state index in [1.54, 1.807) is 67.8 Å². The summed E-state index contributed by atoms with van der Waals surface area (Å²) < 4.78 is 6.69. The number of para-hydroxylation sites is 1. The fourth-order valence-electron chi connectivity index (χ4n) is 3.04. The smallest absolute Gasteiger partial charge is 0.269 e. The van der Waals surface area contributed by atoms with Crippen molar-refractivity contribution in [1.29, 1.82) is 0 Å². The largest absolute Gasteiger partial charge is 0.497 e. The van der Waals surface area contributed by atoms with Gasteiger partial charge in [0.05, 0.1) is 34.8 Å². The quantitative estimate of drug-likeness (QED) is 0.292. The van der Waals surface area contributed by atoms with Crippen molar-refractivity contribution in [3.8, 4) is 11.4 Å². The molecule has 154 valence electrons. The van der Waals surface area contributed by atoms with E-state index in [0.717, 1.165) is 0 Å². The molecule has 9 nitrogen and oxygen atoms in total. The van der Waals surface area contributed by atoms with Crippen LogP contribution >= 0.6 is 0 Å². The molecule has 0 amide bonds. The molecule has 0 aliphatic carbocycles. The summed E-state index contributed by atoms with van der Waals surface area (Å²) >= 11 is 0. The molecule has 0 bridgehead atoms. The molecule has 4 aromatic rings. The van der Waals surface area contributed by atoms with Crippen LogP contribution in [0.4, 0.5) is 11.6 Å². The van der Waals surface area contributed by atoms with E-state index in [9.17, 15) is 14.9 Å². The van der Waals surface area contributed by atoms with Crippen molar-refractivity contribution in [2.75, 3.05) is 12.5 Å². The van der Waals surface area contributed by atoms with Gasteiger partial charge >= 0.3 is 0 Å². The highest BCUT2D eigenvalue weighted by atomic mass is 16.6. The van der Waals surface area contributed by atoms with Gasteiger partial charge in [0.2, 0.25) is 5.95 Å². The Hall–Kier alpha value is -4.53. The maximum absolute atomic E-state index is 13.2. The summed E-state index contributed by atoms with van der Waals surface area (Å²) in [5.74, 6) is 0.813. The molecule has 0 aliphatic rings. The van der Waals surface area contributed by atoms with Crippen molar-refractivity contribution < 1.29 is 9.66 Å². The average molecular weight is 415 g/mol. The number of nitrogens with zero attached hydrogens (tertiary/aromatic N) is 4. The van der Waals surface area contributed by atoms with Gasteiger partial charge in [-0.1, -0.05) is 18.2 Å². The first kappa shape index (κ1) is 19.8.